The summed E-state index contributed by atoms with van der Waals surface area (Å²) in [5.74, 6) is -0.814. The number of hydrogen-bond acceptors (Lipinski definition) is 8. The highest BCUT2D eigenvalue weighted by Gasteiger charge is 2.26. The number of allylic oxidation sites excluding steroid dienone is 4. The minimum Gasteiger partial charge on any atom is -0.462 e. The largest absolute Gasteiger partial charge is 0.472 e. The Kier molecular flexibility index (Phi) is 53.6. The molecule has 0 aromatic rings. The molecule has 9 nitrogen and oxygen atoms in total. The van der Waals surface area contributed by atoms with Crippen molar-refractivity contribution in [3.63, 3.8) is 0 Å². The number of hydrogen-bond donors (Lipinski definition) is 2. The fraction of sp³-hybridized carbons (Fsp3) is 0.897. The molecule has 0 fully saturated rings. The first kappa shape index (κ1) is 66.5. The molecular weight excluding hydrogens is 870 g/mol. The van der Waals surface area contributed by atoms with Crippen LogP contribution >= 0.6 is 7.82 Å². The summed E-state index contributed by atoms with van der Waals surface area (Å²) in [7, 11) is -4.37. The van der Waals surface area contributed by atoms with E-state index in [1.165, 1.54) is 231 Å². The van der Waals surface area contributed by atoms with Gasteiger partial charge in [-0.2, -0.15) is 0 Å². The average Bonchev–Trinajstić information content (AvgIpc) is 3.33. The van der Waals surface area contributed by atoms with Gasteiger partial charge in [-0.3, -0.25) is 18.6 Å². The molecule has 68 heavy (non-hydrogen) atoms. The van der Waals surface area contributed by atoms with Crippen LogP contribution in [0.25, 0.3) is 0 Å². The van der Waals surface area contributed by atoms with Crippen LogP contribution in [-0.2, 0) is 32.7 Å². The molecule has 0 bridgehead atoms. The Morgan fingerprint density at radius 3 is 1.12 bits per heavy atom. The fourth-order valence-electron chi connectivity index (χ4n) is 8.73. The van der Waals surface area contributed by atoms with Crippen molar-refractivity contribution < 1.29 is 37.6 Å². The normalized spacial score (nSPS) is 13.2. The lowest BCUT2D eigenvalue weighted by Gasteiger charge is -2.19. The standard InChI is InChI=1S/C58H112NO8P/c1-3-5-7-9-11-13-15-16-17-18-19-20-21-22-23-24-25-26-27-28-29-30-31-32-33-34-35-36-37-38-39-40-41-43-45-47-49-51-58(61)67-56(55-66-68(62,63)65-53-52-59)54-64-57(60)50-48-46-44-42-14-12-10-8-6-4-2/h15-16,18-19,56H,3-14,17,20-55,59H2,1-2H3,(H,62,63)/b16-15-,19-18-. The fourth-order valence-corrected chi connectivity index (χ4v) is 9.49. The molecule has 0 aromatic carbocycles. The molecule has 2 atom stereocenters. The Bertz CT molecular complexity index is 1170. The van der Waals surface area contributed by atoms with Crippen molar-refractivity contribution in [2.45, 2.75) is 309 Å². The first-order valence-corrected chi connectivity index (χ1v) is 30.8. The molecule has 0 aliphatic heterocycles. The zero-order chi connectivity index (χ0) is 49.5. The molecule has 0 radical (unpaired) electrons. The first-order chi connectivity index (χ1) is 33.3. The lowest BCUT2D eigenvalue weighted by atomic mass is 10.0. The predicted molar refractivity (Wildman–Crippen MR) is 289 cm³/mol. The van der Waals surface area contributed by atoms with E-state index < -0.39 is 26.5 Å². The Morgan fingerprint density at radius 1 is 0.441 bits per heavy atom. The molecule has 3 N–H and O–H groups in total. The Labute approximate surface area is 421 Å². The summed E-state index contributed by atoms with van der Waals surface area (Å²) >= 11 is 0. The zero-order valence-electron chi connectivity index (χ0n) is 44.9. The van der Waals surface area contributed by atoms with Gasteiger partial charge in [-0.05, 0) is 44.9 Å². The second-order valence-electron chi connectivity index (χ2n) is 19.9. The minimum atomic E-state index is -4.37. The summed E-state index contributed by atoms with van der Waals surface area (Å²) < 4.78 is 32.9. The van der Waals surface area contributed by atoms with E-state index in [1.54, 1.807) is 0 Å². The van der Waals surface area contributed by atoms with Gasteiger partial charge in [-0.25, -0.2) is 4.57 Å². The summed E-state index contributed by atoms with van der Waals surface area (Å²) in [6, 6.07) is 0. The Hall–Kier alpha value is -1.51. The van der Waals surface area contributed by atoms with E-state index in [1.807, 2.05) is 0 Å². The number of unbranched alkanes of at least 4 members (excludes halogenated alkanes) is 39. The number of ether oxygens (including phenoxy) is 2. The molecule has 0 aliphatic carbocycles. The van der Waals surface area contributed by atoms with Crippen LogP contribution in [0.5, 0.6) is 0 Å². The molecule has 0 aromatic heterocycles. The van der Waals surface area contributed by atoms with Crippen molar-refractivity contribution in [1.29, 1.82) is 0 Å². The SMILES string of the molecule is CCCCCCC/C=C\C/C=C\CCCCCCCCCCCCCCCCCCCCCCCCCCCC(=O)OC(COC(=O)CCCCCCCCCCCC)COP(=O)(O)OCCN. The molecule has 10 heteroatoms. The molecule has 0 rings (SSSR count). The topological polar surface area (TPSA) is 134 Å². The summed E-state index contributed by atoms with van der Waals surface area (Å²) in [5.41, 5.74) is 5.36. The van der Waals surface area contributed by atoms with Crippen LogP contribution in [0.4, 0.5) is 0 Å². The smallest absolute Gasteiger partial charge is 0.462 e. The molecule has 0 saturated carbocycles. The van der Waals surface area contributed by atoms with Gasteiger partial charge in [0.25, 0.3) is 0 Å². The van der Waals surface area contributed by atoms with Gasteiger partial charge in [-0.1, -0.05) is 269 Å². The summed E-state index contributed by atoms with van der Waals surface area (Å²) in [6.45, 7) is 3.75. The van der Waals surface area contributed by atoms with E-state index in [0.717, 1.165) is 38.5 Å². The van der Waals surface area contributed by atoms with Gasteiger partial charge >= 0.3 is 19.8 Å². The predicted octanol–water partition coefficient (Wildman–Crippen LogP) is 18.2. The summed E-state index contributed by atoms with van der Waals surface area (Å²) in [5, 5.41) is 0. The van der Waals surface area contributed by atoms with Crippen molar-refractivity contribution >= 4 is 19.8 Å². The van der Waals surface area contributed by atoms with Crippen LogP contribution in [0.3, 0.4) is 0 Å². The van der Waals surface area contributed by atoms with Crippen LogP contribution in [0.15, 0.2) is 24.3 Å². The Balaban J connectivity index is 3.71. The van der Waals surface area contributed by atoms with Crippen LogP contribution < -0.4 is 5.73 Å². The molecule has 0 saturated heterocycles. The number of carbonyl (C=O) groups excluding carboxylic acids is 2. The van der Waals surface area contributed by atoms with E-state index in [-0.39, 0.29) is 38.6 Å². The highest BCUT2D eigenvalue weighted by molar-refractivity contribution is 7.47. The number of phosphoric acid groups is 1. The van der Waals surface area contributed by atoms with E-state index in [0.29, 0.717) is 6.42 Å². The van der Waals surface area contributed by atoms with Crippen LogP contribution in [0, 0.1) is 0 Å². The average molecular weight is 983 g/mol. The maximum absolute atomic E-state index is 12.7. The van der Waals surface area contributed by atoms with Gasteiger partial charge in [-0.15, -0.1) is 0 Å². The van der Waals surface area contributed by atoms with E-state index in [9.17, 15) is 19.0 Å². The van der Waals surface area contributed by atoms with Gasteiger partial charge in [0.2, 0.25) is 0 Å². The highest BCUT2D eigenvalue weighted by atomic mass is 31.2. The molecule has 402 valence electrons. The van der Waals surface area contributed by atoms with Crippen molar-refractivity contribution in [1.82, 2.24) is 0 Å². The summed E-state index contributed by atoms with van der Waals surface area (Å²) in [4.78, 5) is 35.0. The monoisotopic (exact) mass is 982 g/mol. The lowest BCUT2D eigenvalue weighted by Crippen LogP contribution is -2.29. The number of phosphoric ester groups is 1. The van der Waals surface area contributed by atoms with E-state index in [2.05, 4.69) is 38.2 Å². The molecule has 0 aliphatic rings. The third kappa shape index (κ3) is 53.8. The second kappa shape index (κ2) is 54.8. The minimum absolute atomic E-state index is 0.0569. The van der Waals surface area contributed by atoms with Gasteiger partial charge in [0.05, 0.1) is 13.2 Å². The third-order valence-corrected chi connectivity index (χ3v) is 14.1. The maximum atomic E-state index is 12.7. The van der Waals surface area contributed by atoms with Gasteiger partial charge < -0.3 is 20.1 Å². The molecular formula is C58H112NO8P. The van der Waals surface area contributed by atoms with Gasteiger partial charge in [0.1, 0.15) is 6.61 Å². The van der Waals surface area contributed by atoms with Crippen molar-refractivity contribution in [2.75, 3.05) is 26.4 Å². The zero-order valence-corrected chi connectivity index (χ0v) is 45.8. The summed E-state index contributed by atoms with van der Waals surface area (Å²) in [6.07, 6.45) is 64.2. The number of esters is 2. The van der Waals surface area contributed by atoms with Crippen molar-refractivity contribution in [3.8, 4) is 0 Å². The quantitative estimate of drug-likeness (QED) is 0.0264. The third-order valence-electron chi connectivity index (χ3n) is 13.1. The number of rotatable bonds is 56. The first-order valence-electron chi connectivity index (χ1n) is 29.3. The van der Waals surface area contributed by atoms with E-state index in [4.69, 9.17) is 24.3 Å². The highest BCUT2D eigenvalue weighted by Crippen LogP contribution is 2.43. The van der Waals surface area contributed by atoms with E-state index >= 15 is 0 Å². The molecule has 0 amide bonds. The van der Waals surface area contributed by atoms with Crippen LogP contribution in [0.2, 0.25) is 0 Å². The van der Waals surface area contributed by atoms with Crippen molar-refractivity contribution in [2.24, 2.45) is 5.73 Å². The molecule has 0 spiro atoms. The van der Waals surface area contributed by atoms with Gasteiger partial charge in [0.15, 0.2) is 6.10 Å². The lowest BCUT2D eigenvalue weighted by molar-refractivity contribution is -0.161. The number of nitrogens with two attached hydrogens (primary N) is 1. The Morgan fingerprint density at radius 2 is 0.765 bits per heavy atom. The maximum Gasteiger partial charge on any atom is 0.472 e. The van der Waals surface area contributed by atoms with Crippen LogP contribution in [0.1, 0.15) is 303 Å². The van der Waals surface area contributed by atoms with Crippen LogP contribution in [-0.4, -0.2) is 49.3 Å². The second-order valence-corrected chi connectivity index (χ2v) is 21.3. The number of carbonyl (C=O) groups is 2. The van der Waals surface area contributed by atoms with Crippen molar-refractivity contribution in [3.05, 3.63) is 24.3 Å². The molecule has 2 unspecified atom stereocenters. The van der Waals surface area contributed by atoms with Gasteiger partial charge in [0, 0.05) is 19.4 Å². The molecule has 0 heterocycles.